The zero-order chi connectivity index (χ0) is 27.7. The molecule has 37 heavy (non-hydrogen) atoms. The first-order chi connectivity index (χ1) is 17.3. The first-order valence-corrected chi connectivity index (χ1v) is 16.8. The third-order valence-corrected chi connectivity index (χ3v) is 16.6. The molecule has 0 radical (unpaired) electrons. The minimum atomic E-state index is -2.25. The van der Waals surface area contributed by atoms with Gasteiger partial charge in [0.15, 0.2) is 5.78 Å². The van der Waals surface area contributed by atoms with Crippen molar-refractivity contribution >= 4 is 20.0 Å². The Bertz CT molecular complexity index is 956. The van der Waals surface area contributed by atoms with Crippen LogP contribution in [0.25, 0.3) is 0 Å². The molecule has 0 N–H and O–H groups in total. The lowest BCUT2D eigenvalue weighted by atomic mass is 9.75. The van der Waals surface area contributed by atoms with Gasteiger partial charge in [-0.25, -0.2) is 4.79 Å². The summed E-state index contributed by atoms with van der Waals surface area (Å²) >= 11 is 0. The highest BCUT2D eigenvalue weighted by atomic mass is 28.3. The topological polar surface area (TPSA) is 46.6 Å². The van der Waals surface area contributed by atoms with E-state index < -0.39 is 8.07 Å². The molecule has 0 aromatic heterocycles. The van der Waals surface area contributed by atoms with Crippen molar-refractivity contribution in [1.29, 1.82) is 0 Å². The van der Waals surface area contributed by atoms with Gasteiger partial charge in [0.1, 0.15) is 14.2 Å². The van der Waals surface area contributed by atoms with Gasteiger partial charge in [-0.05, 0) is 64.9 Å². The highest BCUT2D eigenvalue weighted by Crippen LogP contribution is 2.49. The van der Waals surface area contributed by atoms with Gasteiger partial charge < -0.3 is 4.74 Å². The predicted molar refractivity (Wildman–Crippen MR) is 156 cm³/mol. The number of carbonyl (C=O) groups excluding carboxylic acids is 2. The Morgan fingerprint density at radius 3 is 2.03 bits per heavy atom. The Labute approximate surface area is 227 Å². The molecule has 1 saturated carbocycles. The molecule has 3 rings (SSSR count). The van der Waals surface area contributed by atoms with Crippen molar-refractivity contribution in [3.63, 3.8) is 0 Å². The van der Waals surface area contributed by atoms with E-state index in [1.165, 1.54) is 6.42 Å². The van der Waals surface area contributed by atoms with Gasteiger partial charge in [-0.3, -0.25) is 9.69 Å². The fourth-order valence-electron chi connectivity index (χ4n) is 7.66. The van der Waals surface area contributed by atoms with Crippen LogP contribution in [0, 0.1) is 24.7 Å². The summed E-state index contributed by atoms with van der Waals surface area (Å²) in [6, 6.07) is 7.92. The molecule has 1 aliphatic heterocycles. The molecule has 1 aromatic carbocycles. The van der Waals surface area contributed by atoms with E-state index in [0.29, 0.717) is 40.8 Å². The van der Waals surface area contributed by atoms with E-state index in [0.717, 1.165) is 29.2 Å². The molecule has 1 heterocycles. The van der Waals surface area contributed by atoms with Crippen molar-refractivity contribution in [2.24, 2.45) is 17.8 Å². The molecule has 1 fully saturated rings. The second-order valence-electron chi connectivity index (χ2n) is 13.1. The number of ketones is 1. The van der Waals surface area contributed by atoms with E-state index in [-0.39, 0.29) is 24.0 Å². The number of rotatable bonds is 7. The zero-order valence-electron chi connectivity index (χ0n) is 25.0. The van der Waals surface area contributed by atoms with Crippen molar-refractivity contribution in [1.82, 2.24) is 4.90 Å². The summed E-state index contributed by atoms with van der Waals surface area (Å²) in [5.74, 6) is 1.61. The molecular weight excluding hydrogens is 474 g/mol. The van der Waals surface area contributed by atoms with Crippen LogP contribution >= 0.6 is 0 Å². The largest absolute Gasteiger partial charge is 0.446 e. The molecule has 0 bridgehead atoms. The number of Topliss-reactive ketones (excluding diaryl/α,β-unsaturated/α-hetero) is 1. The van der Waals surface area contributed by atoms with E-state index in [4.69, 9.17) is 4.74 Å². The number of hydrogen-bond donors (Lipinski definition) is 0. The van der Waals surface area contributed by atoms with Crippen molar-refractivity contribution in [2.45, 2.75) is 124 Å². The fourth-order valence-corrected chi connectivity index (χ4v) is 14.5. The third-order valence-electron chi connectivity index (χ3n) is 9.50. The van der Waals surface area contributed by atoms with Crippen molar-refractivity contribution < 1.29 is 14.3 Å². The molecule has 206 valence electrons. The summed E-state index contributed by atoms with van der Waals surface area (Å²) in [6.45, 7) is 22.4. The van der Waals surface area contributed by atoms with Gasteiger partial charge in [-0.2, -0.15) is 0 Å². The zero-order valence-corrected chi connectivity index (χ0v) is 26.0. The number of ether oxygens (including phenoxy) is 1. The molecule has 1 aliphatic carbocycles. The Kier molecular flexibility index (Phi) is 9.53. The van der Waals surface area contributed by atoms with Crippen LogP contribution in [0.15, 0.2) is 35.7 Å². The second kappa shape index (κ2) is 11.9. The van der Waals surface area contributed by atoms with Crippen LogP contribution in [0.1, 0.15) is 105 Å². The predicted octanol–water partition coefficient (Wildman–Crippen LogP) is 9.01. The van der Waals surface area contributed by atoms with Crippen molar-refractivity contribution in [3.05, 3.63) is 46.8 Å². The molecule has 0 spiro atoms. The number of nitrogens with zero attached hydrogens (tertiary/aromatic N) is 1. The average Bonchev–Trinajstić information content (AvgIpc) is 2.79. The van der Waals surface area contributed by atoms with Crippen LogP contribution in [0.5, 0.6) is 0 Å². The maximum Gasteiger partial charge on any atom is 0.414 e. The molecule has 0 saturated heterocycles. The summed E-state index contributed by atoms with van der Waals surface area (Å²) in [5, 5.41) is 0.922. The van der Waals surface area contributed by atoms with Crippen molar-refractivity contribution in [2.75, 3.05) is 0 Å². The molecule has 5 heteroatoms. The van der Waals surface area contributed by atoms with Gasteiger partial charge in [0.25, 0.3) is 0 Å². The first kappa shape index (κ1) is 29.7. The van der Waals surface area contributed by atoms with E-state index >= 15 is 0 Å². The third kappa shape index (κ3) is 5.92. The molecular formula is C32H51NO3Si. The number of allylic oxidation sites excluding steroid dienone is 1. The van der Waals surface area contributed by atoms with Gasteiger partial charge in [-0.1, -0.05) is 98.6 Å². The van der Waals surface area contributed by atoms with Crippen LogP contribution in [0.4, 0.5) is 4.79 Å². The lowest BCUT2D eigenvalue weighted by Gasteiger charge is -2.47. The van der Waals surface area contributed by atoms with Crippen LogP contribution in [-0.2, 0) is 9.53 Å². The van der Waals surface area contributed by atoms with Crippen LogP contribution in [-0.4, -0.2) is 31.0 Å². The van der Waals surface area contributed by atoms with E-state index in [9.17, 15) is 9.59 Å². The number of hydrogen-bond acceptors (Lipinski definition) is 3. The van der Waals surface area contributed by atoms with E-state index in [2.05, 4.69) is 93.5 Å². The summed E-state index contributed by atoms with van der Waals surface area (Å²) < 4.78 is 6.37. The SMILES string of the molecule is Cc1ccc([C@H]2CC(=O)C([Si](C(C)C)(C(C)C)C(C)C)=CN2C(=O)O[C@@H]2C[C@H](C)CC[C@H]2C(C)C)cc1. The number of amides is 1. The molecule has 1 amide bonds. The summed E-state index contributed by atoms with van der Waals surface area (Å²) in [6.07, 6.45) is 5.10. The quantitative estimate of drug-likeness (QED) is 0.334. The maximum atomic E-state index is 14.0. The lowest BCUT2D eigenvalue weighted by Crippen LogP contribution is -2.52. The summed E-state index contributed by atoms with van der Waals surface area (Å²) in [5.41, 5.74) is 3.33. The van der Waals surface area contributed by atoms with Gasteiger partial charge in [0, 0.05) is 12.6 Å². The lowest BCUT2D eigenvalue weighted by molar-refractivity contribution is -0.116. The van der Waals surface area contributed by atoms with Crippen LogP contribution < -0.4 is 0 Å². The maximum absolute atomic E-state index is 14.0. The first-order valence-electron chi connectivity index (χ1n) is 14.6. The molecule has 4 atom stereocenters. The minimum Gasteiger partial charge on any atom is -0.446 e. The second-order valence-corrected chi connectivity index (χ2v) is 19.0. The summed E-state index contributed by atoms with van der Waals surface area (Å²) in [7, 11) is -2.25. The van der Waals surface area contributed by atoms with Gasteiger partial charge >= 0.3 is 6.09 Å². The highest BCUT2D eigenvalue weighted by molar-refractivity contribution is 6.93. The Morgan fingerprint density at radius 2 is 1.51 bits per heavy atom. The van der Waals surface area contributed by atoms with E-state index in [1.54, 1.807) is 4.90 Å². The van der Waals surface area contributed by atoms with Gasteiger partial charge in [0.2, 0.25) is 0 Å². The number of aryl methyl sites for hydroxylation is 1. The van der Waals surface area contributed by atoms with Crippen LogP contribution in [0.2, 0.25) is 16.6 Å². The Balaban J connectivity index is 2.09. The number of benzene rings is 1. The molecule has 0 unspecified atom stereocenters. The van der Waals surface area contributed by atoms with Gasteiger partial charge in [-0.15, -0.1) is 0 Å². The van der Waals surface area contributed by atoms with Gasteiger partial charge in [0.05, 0.1) is 6.04 Å². The highest BCUT2D eigenvalue weighted by Gasteiger charge is 2.51. The number of carbonyl (C=O) groups is 2. The standard InChI is InChI=1S/C32H51NO3Si/c1-20(2)27-16-13-25(10)17-30(27)36-32(35)33-19-31(37(21(3)4,22(5)6)23(7)8)29(34)18-28(33)26-14-11-24(9)12-15-26/h11-12,14-15,19-23,25,27-28,30H,13,16-18H2,1-10H3/t25-,27+,28-,30-/m1/s1. The smallest absolute Gasteiger partial charge is 0.414 e. The van der Waals surface area contributed by atoms with Crippen LogP contribution in [0.3, 0.4) is 0 Å². The summed E-state index contributed by atoms with van der Waals surface area (Å²) in [4.78, 5) is 29.8. The normalized spacial score (nSPS) is 25.3. The molecule has 1 aromatic rings. The van der Waals surface area contributed by atoms with Crippen molar-refractivity contribution in [3.8, 4) is 0 Å². The minimum absolute atomic E-state index is 0.0771. The molecule has 4 nitrogen and oxygen atoms in total. The Morgan fingerprint density at radius 1 is 0.946 bits per heavy atom. The molecule has 2 aliphatic rings. The van der Waals surface area contributed by atoms with E-state index in [1.807, 2.05) is 6.20 Å². The Hall–Kier alpha value is -1.88. The average molecular weight is 526 g/mol. The monoisotopic (exact) mass is 525 g/mol. The fraction of sp³-hybridized carbons (Fsp3) is 0.688.